The second-order valence-corrected chi connectivity index (χ2v) is 14.9. The van der Waals surface area contributed by atoms with E-state index in [1.165, 1.54) is 11.1 Å². The number of amides is 1. The van der Waals surface area contributed by atoms with Gasteiger partial charge in [0.2, 0.25) is 0 Å². The van der Waals surface area contributed by atoms with E-state index in [1.54, 1.807) is 6.07 Å². The Kier molecular flexibility index (Phi) is 10.2. The quantitative estimate of drug-likeness (QED) is 0.392. The van der Waals surface area contributed by atoms with Gasteiger partial charge in [-0.25, -0.2) is 4.21 Å². The normalized spacial score (nSPS) is 31.1. The highest BCUT2D eigenvalue weighted by Gasteiger charge is 2.41. The fraction of sp³-hybridized carbons (Fsp3) is 0.618. The number of fused-ring (bicyclic) bond motifs is 2. The monoisotopic (exact) mass is 614 g/mol. The van der Waals surface area contributed by atoms with Gasteiger partial charge >= 0.3 is 0 Å². The van der Waals surface area contributed by atoms with Gasteiger partial charge in [-0.3, -0.25) is 9.52 Å². The number of anilines is 1. The predicted molar refractivity (Wildman–Crippen MR) is 172 cm³/mol. The number of nitrogens with one attached hydrogen (secondary N) is 1. The molecule has 8 heteroatoms. The molecule has 1 saturated carbocycles. The van der Waals surface area contributed by atoms with Crippen LogP contribution >= 0.6 is 11.6 Å². The van der Waals surface area contributed by atoms with Crippen molar-refractivity contribution in [1.82, 2.24) is 4.72 Å². The molecule has 1 amide bonds. The van der Waals surface area contributed by atoms with E-state index < -0.39 is 11.0 Å². The summed E-state index contributed by atoms with van der Waals surface area (Å²) in [6, 6.07) is 11.8. The fourth-order valence-corrected chi connectivity index (χ4v) is 8.54. The van der Waals surface area contributed by atoms with Crippen molar-refractivity contribution in [3.63, 3.8) is 0 Å². The van der Waals surface area contributed by atoms with E-state index in [1.807, 2.05) is 32.0 Å². The number of ether oxygens (including phenoxy) is 1. The second kappa shape index (κ2) is 13.7. The van der Waals surface area contributed by atoms with Crippen LogP contribution in [0.2, 0.25) is 5.02 Å². The molecule has 2 bridgehead atoms. The molecule has 5 rings (SSSR count). The number of aliphatic hydroxyl groups is 1. The number of rotatable bonds is 4. The lowest BCUT2D eigenvalue weighted by atomic mass is 9.64. The standard InChI is InChI=1S/C34H47ClN2O4S/c1-5-7-24-16-28(35)12-14-30(24)27-19-37-18-26-10-13-31(26)29(22(3)38)9-6-8-21(2)23(4)42(40)36-34(39)25-11-15-33(41-20-27)32(37)17-25/h11-12,14-17,21-23,26-27,29,31,38H,5-10,13,18-20H2,1-4H3,(H,36,39)/t21?,22-,23?,26?,27+,29?,31?,42?/m1/s1. The molecule has 0 aromatic heterocycles. The first-order valence-electron chi connectivity index (χ1n) is 15.9. The lowest BCUT2D eigenvalue weighted by molar-refractivity contribution is 0.0115. The average molecular weight is 615 g/mol. The highest BCUT2D eigenvalue weighted by molar-refractivity contribution is 7.84. The van der Waals surface area contributed by atoms with Crippen LogP contribution in [0.3, 0.4) is 0 Å². The molecule has 0 spiro atoms. The van der Waals surface area contributed by atoms with Crippen LogP contribution in [-0.2, 0) is 17.4 Å². The first-order chi connectivity index (χ1) is 20.2. The third kappa shape index (κ3) is 6.84. The minimum absolute atomic E-state index is 0.139. The largest absolute Gasteiger partial charge is 0.491 e. The molecule has 2 aliphatic heterocycles. The molecule has 1 fully saturated rings. The van der Waals surface area contributed by atoms with Gasteiger partial charge in [-0.15, -0.1) is 0 Å². The highest BCUT2D eigenvalue weighted by atomic mass is 35.5. The number of aryl methyl sites for hydroxylation is 1. The Morgan fingerprint density at radius 3 is 2.64 bits per heavy atom. The van der Waals surface area contributed by atoms with Gasteiger partial charge in [0.05, 0.1) is 23.6 Å². The molecule has 0 radical (unpaired) electrons. The van der Waals surface area contributed by atoms with Gasteiger partial charge in [0.15, 0.2) is 0 Å². The van der Waals surface area contributed by atoms with Crippen molar-refractivity contribution in [3.8, 4) is 5.75 Å². The van der Waals surface area contributed by atoms with Crippen molar-refractivity contribution in [2.24, 2.45) is 23.7 Å². The fourth-order valence-electron chi connectivity index (χ4n) is 7.30. The van der Waals surface area contributed by atoms with Crippen LogP contribution in [0.15, 0.2) is 36.4 Å². The highest BCUT2D eigenvalue weighted by Crippen LogP contribution is 2.46. The topological polar surface area (TPSA) is 78.9 Å². The van der Waals surface area contributed by atoms with Gasteiger partial charge in [0.1, 0.15) is 16.7 Å². The Labute approximate surface area is 259 Å². The van der Waals surface area contributed by atoms with Crippen LogP contribution in [0, 0.1) is 23.7 Å². The lowest BCUT2D eigenvalue weighted by Gasteiger charge is -2.46. The Morgan fingerprint density at radius 1 is 1.12 bits per heavy atom. The van der Waals surface area contributed by atoms with E-state index in [4.69, 9.17) is 16.3 Å². The maximum atomic E-state index is 13.3. The summed E-state index contributed by atoms with van der Waals surface area (Å²) in [5, 5.41) is 11.5. The summed E-state index contributed by atoms with van der Waals surface area (Å²) < 4.78 is 22.4. The second-order valence-electron chi connectivity index (χ2n) is 12.9. The van der Waals surface area contributed by atoms with Gasteiger partial charge in [0.25, 0.3) is 5.91 Å². The Balaban J connectivity index is 1.53. The third-order valence-corrected chi connectivity index (χ3v) is 11.9. The first-order valence-corrected chi connectivity index (χ1v) is 17.4. The molecule has 2 aromatic rings. The zero-order valence-electron chi connectivity index (χ0n) is 25.5. The van der Waals surface area contributed by atoms with Crippen molar-refractivity contribution in [2.45, 2.75) is 89.9 Å². The number of carbonyl (C=O) groups is 1. The van der Waals surface area contributed by atoms with E-state index in [9.17, 15) is 14.1 Å². The van der Waals surface area contributed by atoms with Gasteiger partial charge in [-0.2, -0.15) is 0 Å². The van der Waals surface area contributed by atoms with Gasteiger partial charge < -0.3 is 14.7 Å². The summed E-state index contributed by atoms with van der Waals surface area (Å²) in [4.78, 5) is 15.7. The summed E-state index contributed by atoms with van der Waals surface area (Å²) in [6.45, 7) is 10.4. The molecule has 3 aliphatic rings. The van der Waals surface area contributed by atoms with E-state index in [0.29, 0.717) is 24.0 Å². The number of hydrogen-bond donors (Lipinski definition) is 2. The Morgan fingerprint density at radius 2 is 1.93 bits per heavy atom. The Bertz CT molecular complexity index is 1290. The molecule has 42 heavy (non-hydrogen) atoms. The van der Waals surface area contributed by atoms with Crippen molar-refractivity contribution < 1.29 is 18.8 Å². The molecule has 6 unspecified atom stereocenters. The molecule has 2 aromatic carbocycles. The predicted octanol–water partition coefficient (Wildman–Crippen LogP) is 6.90. The zero-order valence-corrected chi connectivity index (χ0v) is 27.1. The van der Waals surface area contributed by atoms with Gasteiger partial charge in [-0.05, 0) is 111 Å². The molecule has 1 aliphatic carbocycles. The minimum atomic E-state index is -1.49. The molecule has 2 N–H and O–H groups in total. The maximum absolute atomic E-state index is 13.3. The summed E-state index contributed by atoms with van der Waals surface area (Å²) >= 11 is 6.41. The zero-order chi connectivity index (χ0) is 30.0. The average Bonchev–Trinajstić information content (AvgIpc) is 3.12. The summed E-state index contributed by atoms with van der Waals surface area (Å²) in [5.74, 6) is 1.97. The SMILES string of the molecule is CCCc1cc(Cl)ccc1[C@@H]1COc2ccc3cc2N(CC2CCC2C([C@@H](C)O)CCCC(C)C(C)S(=O)NC3=O)C1. The van der Waals surface area contributed by atoms with Crippen molar-refractivity contribution >= 4 is 34.2 Å². The van der Waals surface area contributed by atoms with E-state index in [2.05, 4.69) is 35.6 Å². The summed E-state index contributed by atoms with van der Waals surface area (Å²) in [6.07, 6.45) is 6.78. The molecule has 0 saturated heterocycles. The molecule has 6 nitrogen and oxygen atoms in total. The van der Waals surface area contributed by atoms with Crippen LogP contribution in [-0.4, -0.2) is 46.3 Å². The smallest absolute Gasteiger partial charge is 0.263 e. The molecule has 2 heterocycles. The van der Waals surface area contributed by atoms with E-state index in [-0.39, 0.29) is 35.0 Å². The van der Waals surface area contributed by atoms with Crippen molar-refractivity contribution in [1.29, 1.82) is 0 Å². The number of benzene rings is 2. The Hall–Kier alpha value is -2.09. The van der Waals surface area contributed by atoms with Crippen LogP contribution in [0.5, 0.6) is 5.75 Å². The van der Waals surface area contributed by atoms with E-state index in [0.717, 1.165) is 74.5 Å². The van der Waals surface area contributed by atoms with Crippen molar-refractivity contribution in [2.75, 3.05) is 24.6 Å². The molecular weight excluding hydrogens is 568 g/mol. The maximum Gasteiger partial charge on any atom is 0.263 e. The lowest BCUT2D eigenvalue weighted by Crippen LogP contribution is -2.45. The molecule has 8 atom stereocenters. The number of halogens is 1. The van der Waals surface area contributed by atoms with E-state index >= 15 is 0 Å². The number of nitrogens with zero attached hydrogens (tertiary/aromatic N) is 1. The van der Waals surface area contributed by atoms with Crippen LogP contribution < -0.4 is 14.4 Å². The van der Waals surface area contributed by atoms with Crippen molar-refractivity contribution in [3.05, 3.63) is 58.1 Å². The number of carbonyl (C=O) groups excluding carboxylic acids is 1. The summed E-state index contributed by atoms with van der Waals surface area (Å²) in [5.41, 5.74) is 3.94. The number of aliphatic hydroxyl groups excluding tert-OH is 1. The molecular formula is C34H47ClN2O4S. The minimum Gasteiger partial charge on any atom is -0.491 e. The molecule has 230 valence electrons. The van der Waals surface area contributed by atoms with Crippen LogP contribution in [0.4, 0.5) is 5.69 Å². The van der Waals surface area contributed by atoms with Crippen LogP contribution in [0.25, 0.3) is 0 Å². The number of hydrogen-bond acceptors (Lipinski definition) is 5. The van der Waals surface area contributed by atoms with Gasteiger partial charge in [0, 0.05) is 29.6 Å². The third-order valence-electron chi connectivity index (χ3n) is 10.1. The summed E-state index contributed by atoms with van der Waals surface area (Å²) in [7, 11) is -1.49. The van der Waals surface area contributed by atoms with Gasteiger partial charge in [-0.1, -0.05) is 44.4 Å². The first kappa shape index (κ1) is 31.3. The van der Waals surface area contributed by atoms with Crippen LogP contribution in [0.1, 0.15) is 93.6 Å².